The molecule has 5 rings (SSSR count). The van der Waals surface area contributed by atoms with E-state index in [1.165, 1.54) is 12.1 Å². The molecule has 12 heteroatoms. The van der Waals surface area contributed by atoms with Gasteiger partial charge in [-0.2, -0.15) is 13.2 Å². The molecule has 178 valence electrons. The molecule has 2 aliphatic rings. The van der Waals surface area contributed by atoms with E-state index in [4.69, 9.17) is 14.2 Å². The number of rotatable bonds is 5. The highest BCUT2D eigenvalue weighted by atomic mass is 32.1. The standard InChI is InChI=1S/C22H19F3N4O4S/c23-22(24,25)12-3-1-4-13(9-12)27-21(30)33-16-11-32-18-15(10-31-19(16)18)29-20-26-7-6-14(28-20)17-5-2-8-34-17/h1-9,15-16,18-19H,10-11H2,(H,27,30)(H,26,28,29). The van der Waals surface area contributed by atoms with Crippen LogP contribution in [0.1, 0.15) is 5.56 Å². The number of benzene rings is 1. The second kappa shape index (κ2) is 9.20. The predicted molar refractivity (Wildman–Crippen MR) is 118 cm³/mol. The number of fused-ring (bicyclic) bond motifs is 1. The minimum Gasteiger partial charge on any atom is -0.441 e. The van der Waals surface area contributed by atoms with Crippen LogP contribution in [0.3, 0.4) is 0 Å². The summed E-state index contributed by atoms with van der Waals surface area (Å²) in [6.45, 7) is 0.386. The van der Waals surface area contributed by atoms with Gasteiger partial charge in [-0.25, -0.2) is 14.8 Å². The molecule has 8 nitrogen and oxygen atoms in total. The predicted octanol–water partition coefficient (Wildman–Crippen LogP) is 4.42. The van der Waals surface area contributed by atoms with Crippen LogP contribution in [-0.4, -0.2) is 53.6 Å². The number of alkyl halides is 3. The van der Waals surface area contributed by atoms with Crippen molar-refractivity contribution in [1.29, 1.82) is 0 Å². The normalized spacial score (nSPS) is 24.0. The van der Waals surface area contributed by atoms with Crippen molar-refractivity contribution in [2.45, 2.75) is 30.5 Å². The molecule has 0 aliphatic carbocycles. The molecule has 1 amide bonds. The number of carbonyl (C=O) groups excluding carboxylic acids is 1. The number of hydrogen-bond donors (Lipinski definition) is 2. The number of aromatic nitrogens is 2. The summed E-state index contributed by atoms with van der Waals surface area (Å²) < 4.78 is 55.6. The molecule has 2 aromatic heterocycles. The number of nitrogens with one attached hydrogen (secondary N) is 2. The van der Waals surface area contributed by atoms with Crippen LogP contribution in [0.4, 0.5) is 29.6 Å². The number of hydrogen-bond acceptors (Lipinski definition) is 8. The fourth-order valence-corrected chi connectivity index (χ4v) is 4.60. The van der Waals surface area contributed by atoms with Gasteiger partial charge in [-0.3, -0.25) is 5.32 Å². The van der Waals surface area contributed by atoms with E-state index in [1.54, 1.807) is 17.5 Å². The van der Waals surface area contributed by atoms with Gasteiger partial charge < -0.3 is 19.5 Å². The molecule has 2 N–H and O–H groups in total. The van der Waals surface area contributed by atoms with Gasteiger partial charge in [0, 0.05) is 11.9 Å². The highest BCUT2D eigenvalue weighted by Gasteiger charge is 2.49. The van der Waals surface area contributed by atoms with Crippen molar-refractivity contribution in [3.63, 3.8) is 0 Å². The summed E-state index contributed by atoms with van der Waals surface area (Å²) in [4.78, 5) is 22.1. The van der Waals surface area contributed by atoms with Gasteiger partial charge in [0.15, 0.2) is 6.10 Å². The van der Waals surface area contributed by atoms with Gasteiger partial charge >= 0.3 is 12.3 Å². The Bertz CT molecular complexity index is 1160. The van der Waals surface area contributed by atoms with Crippen molar-refractivity contribution < 1.29 is 32.2 Å². The number of halogens is 3. The molecule has 0 bridgehead atoms. The maximum absolute atomic E-state index is 12.9. The zero-order chi connectivity index (χ0) is 23.7. The lowest BCUT2D eigenvalue weighted by molar-refractivity contribution is -0.137. The maximum atomic E-state index is 12.9. The zero-order valence-electron chi connectivity index (χ0n) is 17.5. The van der Waals surface area contributed by atoms with Gasteiger partial charge in [0.2, 0.25) is 5.95 Å². The number of amides is 1. The first kappa shape index (κ1) is 22.6. The van der Waals surface area contributed by atoms with Crippen LogP contribution in [0, 0.1) is 0 Å². The third-order valence-electron chi connectivity index (χ3n) is 5.45. The van der Waals surface area contributed by atoms with E-state index < -0.39 is 36.1 Å². The lowest BCUT2D eigenvalue weighted by Crippen LogP contribution is -2.38. The van der Waals surface area contributed by atoms with Crippen LogP contribution in [-0.2, 0) is 20.4 Å². The van der Waals surface area contributed by atoms with E-state index in [1.807, 2.05) is 23.6 Å². The molecule has 3 aromatic rings. The second-order valence-electron chi connectivity index (χ2n) is 7.74. The first-order valence-corrected chi connectivity index (χ1v) is 11.3. The van der Waals surface area contributed by atoms with Gasteiger partial charge in [-0.05, 0) is 35.7 Å². The quantitative estimate of drug-likeness (QED) is 0.545. The SMILES string of the molecule is O=C(Nc1cccc(C(F)(F)F)c1)OC1COC2C(Nc3nccc(-c4cccs4)n3)COC12. The summed E-state index contributed by atoms with van der Waals surface area (Å²) in [5.41, 5.74) is -0.0966. The molecule has 1 aromatic carbocycles. The number of anilines is 2. The second-order valence-corrected chi connectivity index (χ2v) is 8.68. The molecule has 0 spiro atoms. The molecule has 2 saturated heterocycles. The first-order valence-electron chi connectivity index (χ1n) is 10.4. The first-order chi connectivity index (χ1) is 16.4. The van der Waals surface area contributed by atoms with Crippen LogP contribution in [0.25, 0.3) is 10.6 Å². The smallest absolute Gasteiger partial charge is 0.416 e. The molecule has 34 heavy (non-hydrogen) atoms. The van der Waals surface area contributed by atoms with Crippen LogP contribution >= 0.6 is 11.3 Å². The number of carbonyl (C=O) groups is 1. The fraction of sp³-hybridized carbons (Fsp3) is 0.318. The third-order valence-corrected chi connectivity index (χ3v) is 6.34. The lowest BCUT2D eigenvalue weighted by atomic mass is 10.1. The van der Waals surface area contributed by atoms with Gasteiger partial charge in [-0.1, -0.05) is 12.1 Å². The average molecular weight is 492 g/mol. The summed E-state index contributed by atoms with van der Waals surface area (Å²) in [6.07, 6.45) is -5.37. The van der Waals surface area contributed by atoms with Crippen LogP contribution in [0.5, 0.6) is 0 Å². The highest BCUT2D eigenvalue weighted by molar-refractivity contribution is 7.13. The van der Waals surface area contributed by atoms with E-state index in [2.05, 4.69) is 20.6 Å². The van der Waals surface area contributed by atoms with Crippen LogP contribution in [0.15, 0.2) is 54.0 Å². The van der Waals surface area contributed by atoms with Gasteiger partial charge in [0.05, 0.1) is 35.4 Å². The molecule has 4 atom stereocenters. The van der Waals surface area contributed by atoms with Crippen molar-refractivity contribution in [2.75, 3.05) is 23.8 Å². The number of thiophene rings is 1. The molecule has 2 fully saturated rings. The van der Waals surface area contributed by atoms with Crippen LogP contribution < -0.4 is 10.6 Å². The number of ether oxygens (including phenoxy) is 3. The third kappa shape index (κ3) is 4.83. The van der Waals surface area contributed by atoms with E-state index in [0.717, 1.165) is 22.7 Å². The van der Waals surface area contributed by atoms with Crippen LogP contribution in [0.2, 0.25) is 0 Å². The summed E-state index contributed by atoms with van der Waals surface area (Å²) in [5.74, 6) is 0.426. The van der Waals surface area contributed by atoms with E-state index in [9.17, 15) is 18.0 Å². The number of nitrogens with zero attached hydrogens (tertiary/aromatic N) is 2. The Balaban J connectivity index is 1.18. The van der Waals surface area contributed by atoms with Gasteiger partial charge in [0.1, 0.15) is 12.2 Å². The molecule has 0 saturated carbocycles. The zero-order valence-corrected chi connectivity index (χ0v) is 18.3. The van der Waals surface area contributed by atoms with E-state index in [0.29, 0.717) is 5.95 Å². The van der Waals surface area contributed by atoms with Gasteiger partial charge in [0.25, 0.3) is 0 Å². The molecular weight excluding hydrogens is 473 g/mol. The highest BCUT2D eigenvalue weighted by Crippen LogP contribution is 2.32. The summed E-state index contributed by atoms with van der Waals surface area (Å²) in [6, 6.07) is 9.79. The van der Waals surface area contributed by atoms with Gasteiger partial charge in [-0.15, -0.1) is 11.3 Å². The van der Waals surface area contributed by atoms with E-state index >= 15 is 0 Å². The Morgan fingerprint density at radius 1 is 1.12 bits per heavy atom. The van der Waals surface area contributed by atoms with E-state index in [-0.39, 0.29) is 24.9 Å². The Morgan fingerprint density at radius 3 is 2.76 bits per heavy atom. The van der Waals surface area contributed by atoms with Crippen molar-refractivity contribution in [3.05, 3.63) is 59.6 Å². The minimum atomic E-state index is -4.51. The van der Waals surface area contributed by atoms with Crippen molar-refractivity contribution in [2.24, 2.45) is 0 Å². The minimum absolute atomic E-state index is 0.0232. The largest absolute Gasteiger partial charge is 0.441 e. The van der Waals surface area contributed by atoms with Crippen molar-refractivity contribution >= 4 is 29.1 Å². The Kier molecular flexibility index (Phi) is 6.11. The Hall–Kier alpha value is -3.22. The molecular formula is C22H19F3N4O4S. The lowest BCUT2D eigenvalue weighted by Gasteiger charge is -2.18. The summed E-state index contributed by atoms with van der Waals surface area (Å²) in [7, 11) is 0. The Labute approximate surface area is 196 Å². The fourth-order valence-electron chi connectivity index (χ4n) is 3.90. The molecule has 2 aliphatic heterocycles. The maximum Gasteiger partial charge on any atom is 0.416 e. The average Bonchev–Trinajstić information content (AvgIpc) is 3.54. The topological polar surface area (TPSA) is 94.6 Å². The summed E-state index contributed by atoms with van der Waals surface area (Å²) >= 11 is 1.57. The molecule has 0 radical (unpaired) electrons. The Morgan fingerprint density at radius 2 is 1.97 bits per heavy atom. The van der Waals surface area contributed by atoms with Crippen molar-refractivity contribution in [1.82, 2.24) is 9.97 Å². The molecule has 4 unspecified atom stereocenters. The monoisotopic (exact) mass is 492 g/mol. The summed E-state index contributed by atoms with van der Waals surface area (Å²) in [5, 5.41) is 7.51. The van der Waals surface area contributed by atoms with Crippen molar-refractivity contribution in [3.8, 4) is 10.6 Å². The molecule has 4 heterocycles.